The molecular formula is C22H23F3N4O. The van der Waals surface area contributed by atoms with Gasteiger partial charge in [-0.25, -0.2) is 4.98 Å². The third-order valence-corrected chi connectivity index (χ3v) is 4.70. The third-order valence-electron chi connectivity index (χ3n) is 4.70. The lowest BCUT2D eigenvalue weighted by Gasteiger charge is -2.12. The summed E-state index contributed by atoms with van der Waals surface area (Å²) in [5.41, 5.74) is 4.92. The molecule has 2 aromatic heterocycles. The van der Waals surface area contributed by atoms with Crippen molar-refractivity contribution in [2.45, 2.75) is 26.4 Å². The molecule has 0 saturated heterocycles. The van der Waals surface area contributed by atoms with Gasteiger partial charge in [0.25, 0.3) is 5.91 Å². The number of aryl methyl sites for hydroxylation is 1. The van der Waals surface area contributed by atoms with Gasteiger partial charge in [0, 0.05) is 30.9 Å². The quantitative estimate of drug-likeness (QED) is 0.590. The molecule has 1 aromatic carbocycles. The number of pyridine rings is 1. The van der Waals surface area contributed by atoms with E-state index in [0.717, 1.165) is 22.4 Å². The van der Waals surface area contributed by atoms with Crippen LogP contribution in [0.2, 0.25) is 0 Å². The average Bonchev–Trinajstić information content (AvgIpc) is 3.10. The van der Waals surface area contributed by atoms with Gasteiger partial charge in [-0.15, -0.1) is 0 Å². The Hall–Kier alpha value is -3.29. The minimum atomic E-state index is -4.23. The van der Waals surface area contributed by atoms with E-state index in [2.05, 4.69) is 15.6 Å². The molecule has 0 bridgehead atoms. The lowest BCUT2D eigenvalue weighted by atomic mass is 10.0. The number of nitrogens with zero attached hydrogens (tertiary/aromatic N) is 2. The molecule has 0 atom stereocenters. The Kier molecular flexibility index (Phi) is 6.14. The summed E-state index contributed by atoms with van der Waals surface area (Å²) in [7, 11) is 1.58. The first-order valence-corrected chi connectivity index (χ1v) is 9.51. The molecule has 0 radical (unpaired) electrons. The van der Waals surface area contributed by atoms with Crippen molar-refractivity contribution in [3.8, 4) is 11.3 Å². The third kappa shape index (κ3) is 4.64. The second-order valence-electron chi connectivity index (χ2n) is 6.92. The van der Waals surface area contributed by atoms with E-state index >= 15 is 0 Å². The van der Waals surface area contributed by atoms with Gasteiger partial charge >= 0.3 is 6.18 Å². The molecule has 2 heterocycles. The van der Waals surface area contributed by atoms with E-state index in [9.17, 15) is 18.0 Å². The van der Waals surface area contributed by atoms with Gasteiger partial charge in [-0.2, -0.15) is 13.2 Å². The summed E-state index contributed by atoms with van der Waals surface area (Å²) >= 11 is 0. The van der Waals surface area contributed by atoms with E-state index in [-0.39, 0.29) is 12.5 Å². The summed E-state index contributed by atoms with van der Waals surface area (Å²) in [6, 6.07) is 7.26. The second kappa shape index (κ2) is 8.61. The number of aromatic nitrogens is 2. The van der Waals surface area contributed by atoms with Crippen molar-refractivity contribution < 1.29 is 18.0 Å². The highest BCUT2D eigenvalue weighted by Gasteiger charge is 2.26. The molecule has 2 N–H and O–H groups in total. The highest BCUT2D eigenvalue weighted by Crippen LogP contribution is 2.28. The van der Waals surface area contributed by atoms with E-state index in [1.54, 1.807) is 25.4 Å². The number of hydrogen-bond donors (Lipinski definition) is 2. The molecule has 1 amide bonds. The molecule has 8 heteroatoms. The maximum Gasteiger partial charge on any atom is 0.390 e. The number of fused-ring (bicyclic) bond motifs is 1. The molecule has 5 nitrogen and oxygen atoms in total. The zero-order valence-corrected chi connectivity index (χ0v) is 17.0. The molecule has 0 aliphatic carbocycles. The molecule has 0 saturated carbocycles. The number of alkyl halides is 3. The van der Waals surface area contributed by atoms with E-state index < -0.39 is 12.6 Å². The molecular weight excluding hydrogens is 393 g/mol. The Labute approximate surface area is 172 Å². The smallest absolute Gasteiger partial charge is 0.382 e. The summed E-state index contributed by atoms with van der Waals surface area (Å²) in [6.45, 7) is 3.49. The first-order valence-electron chi connectivity index (χ1n) is 9.51. The van der Waals surface area contributed by atoms with Gasteiger partial charge in [-0.05, 0) is 43.2 Å². The molecule has 3 aromatic rings. The van der Waals surface area contributed by atoms with Crippen LogP contribution in [-0.4, -0.2) is 35.1 Å². The number of halogens is 3. The van der Waals surface area contributed by atoms with E-state index in [1.165, 1.54) is 0 Å². The van der Waals surface area contributed by atoms with Crippen molar-refractivity contribution in [2.24, 2.45) is 0 Å². The Morgan fingerprint density at radius 2 is 2.03 bits per heavy atom. The number of rotatable bonds is 6. The number of allylic oxidation sites excluding steroid dienone is 1. The normalized spacial score (nSPS) is 11.9. The average molecular weight is 416 g/mol. The predicted octanol–water partition coefficient (Wildman–Crippen LogP) is 5.07. The first kappa shape index (κ1) is 21.4. The minimum Gasteiger partial charge on any atom is -0.382 e. The van der Waals surface area contributed by atoms with Gasteiger partial charge in [-0.1, -0.05) is 18.2 Å². The molecule has 3 rings (SSSR count). The van der Waals surface area contributed by atoms with Crippen LogP contribution in [0.5, 0.6) is 0 Å². The molecule has 158 valence electrons. The maximum atomic E-state index is 12.6. The SMILES string of the molecule is CC=Cc1cc(NCCC(F)(F)F)c2ncc(-c3ccc(C(=O)NC)c(C)c3)n2c1. The van der Waals surface area contributed by atoms with Gasteiger partial charge in [0.1, 0.15) is 0 Å². The first-order chi connectivity index (χ1) is 14.2. The minimum absolute atomic E-state index is 0.163. The van der Waals surface area contributed by atoms with Crippen molar-refractivity contribution in [3.05, 3.63) is 59.4 Å². The van der Waals surface area contributed by atoms with Crippen LogP contribution < -0.4 is 10.6 Å². The summed E-state index contributed by atoms with van der Waals surface area (Å²) < 4.78 is 39.5. The highest BCUT2D eigenvalue weighted by molar-refractivity contribution is 5.96. The lowest BCUT2D eigenvalue weighted by Crippen LogP contribution is -2.18. The van der Waals surface area contributed by atoms with Crippen LogP contribution in [0.25, 0.3) is 23.0 Å². The Bertz CT molecular complexity index is 1100. The molecule has 30 heavy (non-hydrogen) atoms. The maximum absolute atomic E-state index is 12.6. The van der Waals surface area contributed by atoms with Crippen molar-refractivity contribution in [3.63, 3.8) is 0 Å². The molecule has 0 aliphatic heterocycles. The number of carbonyl (C=O) groups is 1. The lowest BCUT2D eigenvalue weighted by molar-refractivity contribution is -0.131. The zero-order chi connectivity index (χ0) is 21.9. The number of nitrogens with one attached hydrogen (secondary N) is 2. The number of carbonyl (C=O) groups excluding carboxylic acids is 1. The number of hydrogen-bond acceptors (Lipinski definition) is 3. The van der Waals surface area contributed by atoms with E-state index in [4.69, 9.17) is 0 Å². The predicted molar refractivity (Wildman–Crippen MR) is 113 cm³/mol. The zero-order valence-electron chi connectivity index (χ0n) is 17.0. The number of amides is 1. The van der Waals surface area contributed by atoms with Crippen LogP contribution >= 0.6 is 0 Å². The monoisotopic (exact) mass is 416 g/mol. The summed E-state index contributed by atoms with van der Waals surface area (Å²) in [5.74, 6) is -0.163. The Balaban J connectivity index is 2.05. The molecule has 0 spiro atoms. The van der Waals surface area contributed by atoms with Gasteiger partial charge in [0.05, 0.1) is 24.0 Å². The summed E-state index contributed by atoms with van der Waals surface area (Å²) in [5, 5.41) is 5.47. The fraction of sp³-hybridized carbons (Fsp3) is 0.273. The number of benzene rings is 1. The highest BCUT2D eigenvalue weighted by atomic mass is 19.4. The van der Waals surface area contributed by atoms with E-state index in [0.29, 0.717) is 16.9 Å². The molecule has 0 fully saturated rings. The van der Waals surface area contributed by atoms with Crippen LogP contribution in [0, 0.1) is 6.92 Å². The van der Waals surface area contributed by atoms with Crippen LogP contribution in [0.1, 0.15) is 34.8 Å². The van der Waals surface area contributed by atoms with Crippen LogP contribution in [0.3, 0.4) is 0 Å². The fourth-order valence-electron chi connectivity index (χ4n) is 3.29. The fourth-order valence-corrected chi connectivity index (χ4v) is 3.29. The Morgan fingerprint density at radius 3 is 2.67 bits per heavy atom. The van der Waals surface area contributed by atoms with Crippen LogP contribution in [0.15, 0.2) is 42.7 Å². The largest absolute Gasteiger partial charge is 0.390 e. The van der Waals surface area contributed by atoms with Gasteiger partial charge in [0.2, 0.25) is 0 Å². The van der Waals surface area contributed by atoms with Crippen LogP contribution in [0.4, 0.5) is 18.9 Å². The molecule has 0 unspecified atom stereocenters. The van der Waals surface area contributed by atoms with Crippen LogP contribution in [-0.2, 0) is 0 Å². The Morgan fingerprint density at radius 1 is 1.27 bits per heavy atom. The van der Waals surface area contributed by atoms with Crippen molar-refractivity contribution in [1.82, 2.24) is 14.7 Å². The summed E-state index contributed by atoms with van der Waals surface area (Å²) in [6.07, 6.45) is 2.14. The van der Waals surface area contributed by atoms with Gasteiger partial charge in [-0.3, -0.25) is 9.20 Å². The number of anilines is 1. The standard InChI is InChI=1S/C22H23F3N4O/c1-4-5-15-11-18(27-9-8-22(23,24)25)20-28-12-19(29(20)13-15)16-6-7-17(14(2)10-16)21(30)26-3/h4-7,10-13,27H,8-9H2,1-3H3,(H,26,30). The van der Waals surface area contributed by atoms with Crippen molar-refractivity contribution in [2.75, 3.05) is 18.9 Å². The van der Waals surface area contributed by atoms with E-state index in [1.807, 2.05) is 48.7 Å². The van der Waals surface area contributed by atoms with Gasteiger partial charge < -0.3 is 10.6 Å². The second-order valence-corrected chi connectivity index (χ2v) is 6.92. The van der Waals surface area contributed by atoms with Crippen molar-refractivity contribution >= 4 is 23.3 Å². The van der Waals surface area contributed by atoms with Gasteiger partial charge in [0.15, 0.2) is 5.65 Å². The topological polar surface area (TPSA) is 58.4 Å². The van der Waals surface area contributed by atoms with Crippen molar-refractivity contribution in [1.29, 1.82) is 0 Å². The summed E-state index contributed by atoms with van der Waals surface area (Å²) in [4.78, 5) is 16.4. The number of imidazole rings is 1. The molecule has 0 aliphatic rings.